The van der Waals surface area contributed by atoms with E-state index < -0.39 is 0 Å². The highest BCUT2D eigenvalue weighted by Gasteiger charge is 2.15. The quantitative estimate of drug-likeness (QED) is 0.529. The predicted molar refractivity (Wildman–Crippen MR) is 72.0 cm³/mol. The number of ketones is 1. The lowest BCUT2D eigenvalue weighted by Crippen LogP contribution is -2.39. The van der Waals surface area contributed by atoms with Gasteiger partial charge in [-0.05, 0) is 31.9 Å². The second-order valence-corrected chi connectivity index (χ2v) is 4.44. The molecule has 0 spiro atoms. The molecule has 0 aliphatic rings. The molecule has 1 atom stereocenters. The lowest BCUT2D eigenvalue weighted by molar-refractivity contribution is -0.119. The van der Waals surface area contributed by atoms with E-state index >= 15 is 0 Å². The Labute approximate surface area is 104 Å². The molecular formula is C14H23NO2. The first-order valence-electron chi connectivity index (χ1n) is 5.82. The van der Waals surface area contributed by atoms with Crippen LogP contribution in [0.25, 0.3) is 0 Å². The van der Waals surface area contributed by atoms with Crippen LogP contribution in [0.1, 0.15) is 34.1 Å². The molecule has 3 heteroatoms. The fourth-order valence-corrected chi connectivity index (χ4v) is 1.41. The van der Waals surface area contributed by atoms with Gasteiger partial charge in [-0.3, -0.25) is 4.79 Å². The summed E-state index contributed by atoms with van der Waals surface area (Å²) < 4.78 is 0. The van der Waals surface area contributed by atoms with E-state index in [2.05, 4.69) is 11.9 Å². The standard InChI is InChI=1S/C14H23NO2/c1-6-13(8-7-11(4)16)9-14(12(5)17)15-10(2)3/h6-8,10,14-16H,1,9H2,2-5H3/b11-7+,13-8+. The van der Waals surface area contributed by atoms with E-state index in [1.165, 1.54) is 0 Å². The van der Waals surface area contributed by atoms with Crippen molar-refractivity contribution in [1.82, 2.24) is 5.32 Å². The monoisotopic (exact) mass is 237 g/mol. The summed E-state index contributed by atoms with van der Waals surface area (Å²) in [5, 5.41) is 12.3. The first kappa shape index (κ1) is 15.7. The van der Waals surface area contributed by atoms with Crippen LogP contribution in [0.2, 0.25) is 0 Å². The largest absolute Gasteiger partial charge is 0.513 e. The average molecular weight is 237 g/mol. The first-order chi connectivity index (χ1) is 7.86. The number of carbonyl (C=O) groups excluding carboxylic acids is 1. The number of nitrogens with one attached hydrogen (secondary N) is 1. The summed E-state index contributed by atoms with van der Waals surface area (Å²) in [6.45, 7) is 10.9. The topological polar surface area (TPSA) is 49.3 Å². The van der Waals surface area contributed by atoms with E-state index in [1.807, 2.05) is 13.8 Å². The normalized spacial score (nSPS) is 14.9. The molecule has 0 amide bonds. The van der Waals surface area contributed by atoms with Crippen molar-refractivity contribution in [2.75, 3.05) is 0 Å². The minimum absolute atomic E-state index is 0.108. The van der Waals surface area contributed by atoms with Gasteiger partial charge in [0, 0.05) is 6.04 Å². The van der Waals surface area contributed by atoms with Crippen molar-refractivity contribution in [2.45, 2.75) is 46.2 Å². The number of aliphatic hydroxyl groups excluding tert-OH is 1. The molecule has 0 aromatic rings. The molecule has 3 nitrogen and oxygen atoms in total. The summed E-state index contributed by atoms with van der Waals surface area (Å²) in [6, 6.07) is 0.0525. The Hall–Kier alpha value is -1.35. The third kappa shape index (κ3) is 7.53. The summed E-state index contributed by atoms with van der Waals surface area (Å²) in [5.74, 6) is 0.344. The van der Waals surface area contributed by atoms with Gasteiger partial charge in [0.15, 0.2) is 0 Å². The lowest BCUT2D eigenvalue weighted by Gasteiger charge is -2.19. The van der Waals surface area contributed by atoms with Crippen LogP contribution in [0.15, 0.2) is 36.1 Å². The molecule has 0 aliphatic carbocycles. The molecule has 0 radical (unpaired) electrons. The highest BCUT2D eigenvalue weighted by molar-refractivity contribution is 5.81. The smallest absolute Gasteiger partial charge is 0.147 e. The Bertz CT molecular complexity index is 323. The van der Waals surface area contributed by atoms with Gasteiger partial charge in [0.1, 0.15) is 5.78 Å². The summed E-state index contributed by atoms with van der Waals surface area (Å²) in [6.07, 6.45) is 5.67. The van der Waals surface area contributed by atoms with Crippen LogP contribution in [0, 0.1) is 0 Å². The highest BCUT2D eigenvalue weighted by atomic mass is 16.3. The van der Waals surface area contributed by atoms with Gasteiger partial charge in [-0.1, -0.05) is 32.6 Å². The van der Waals surface area contributed by atoms with E-state index in [4.69, 9.17) is 5.11 Å². The van der Waals surface area contributed by atoms with Crippen molar-refractivity contribution >= 4 is 5.78 Å². The molecule has 0 saturated heterocycles. The third-order valence-corrected chi connectivity index (χ3v) is 2.27. The molecule has 0 bridgehead atoms. The molecule has 1 unspecified atom stereocenters. The van der Waals surface area contributed by atoms with E-state index in [9.17, 15) is 4.79 Å². The fourth-order valence-electron chi connectivity index (χ4n) is 1.41. The second kappa shape index (κ2) is 7.85. The van der Waals surface area contributed by atoms with Gasteiger partial charge >= 0.3 is 0 Å². The number of allylic oxidation sites excluding steroid dienone is 4. The van der Waals surface area contributed by atoms with Gasteiger partial charge in [-0.25, -0.2) is 0 Å². The maximum Gasteiger partial charge on any atom is 0.147 e. The Morgan fingerprint density at radius 1 is 1.35 bits per heavy atom. The van der Waals surface area contributed by atoms with Gasteiger partial charge < -0.3 is 10.4 Å². The van der Waals surface area contributed by atoms with Gasteiger partial charge in [0.2, 0.25) is 0 Å². The van der Waals surface area contributed by atoms with Crippen LogP contribution in [0.5, 0.6) is 0 Å². The summed E-state index contributed by atoms with van der Waals surface area (Å²) >= 11 is 0. The van der Waals surface area contributed by atoms with Crippen molar-refractivity contribution < 1.29 is 9.90 Å². The van der Waals surface area contributed by atoms with Crippen LogP contribution in [-0.2, 0) is 4.79 Å². The van der Waals surface area contributed by atoms with E-state index in [1.54, 1.807) is 32.1 Å². The molecule has 0 rings (SSSR count). The molecule has 17 heavy (non-hydrogen) atoms. The van der Waals surface area contributed by atoms with Crippen LogP contribution < -0.4 is 5.32 Å². The van der Waals surface area contributed by atoms with Crippen LogP contribution in [-0.4, -0.2) is 23.0 Å². The van der Waals surface area contributed by atoms with E-state index in [0.717, 1.165) is 5.57 Å². The summed E-state index contributed by atoms with van der Waals surface area (Å²) in [4.78, 5) is 11.5. The summed E-state index contributed by atoms with van der Waals surface area (Å²) in [5.41, 5.74) is 0.923. The number of carbonyl (C=O) groups is 1. The van der Waals surface area contributed by atoms with Crippen LogP contribution in [0.4, 0.5) is 0 Å². The number of aliphatic hydroxyl groups is 1. The first-order valence-corrected chi connectivity index (χ1v) is 5.82. The molecule has 2 N–H and O–H groups in total. The predicted octanol–water partition coefficient (Wildman–Crippen LogP) is 2.91. The van der Waals surface area contributed by atoms with Crippen molar-refractivity contribution in [3.63, 3.8) is 0 Å². The summed E-state index contributed by atoms with van der Waals surface area (Å²) in [7, 11) is 0. The van der Waals surface area contributed by atoms with Crippen molar-refractivity contribution in [1.29, 1.82) is 0 Å². The zero-order chi connectivity index (χ0) is 13.4. The Kier molecular flexibility index (Phi) is 7.22. The molecule has 0 heterocycles. The molecule has 0 aliphatic heterocycles. The lowest BCUT2D eigenvalue weighted by atomic mass is 10.0. The maximum atomic E-state index is 11.5. The second-order valence-electron chi connectivity index (χ2n) is 4.44. The van der Waals surface area contributed by atoms with Crippen LogP contribution in [0.3, 0.4) is 0 Å². The SMILES string of the molecule is C=C/C(=C\C=C(/C)O)CC(NC(C)C)C(C)=O. The molecular weight excluding hydrogens is 214 g/mol. The van der Waals surface area contributed by atoms with E-state index in [0.29, 0.717) is 6.42 Å². The third-order valence-electron chi connectivity index (χ3n) is 2.27. The maximum absolute atomic E-state index is 11.5. The minimum Gasteiger partial charge on any atom is -0.513 e. The number of Topliss-reactive ketones (excluding diaryl/α,β-unsaturated/α-hetero) is 1. The van der Waals surface area contributed by atoms with Gasteiger partial charge in [0.25, 0.3) is 0 Å². The molecule has 0 fully saturated rings. The minimum atomic E-state index is -0.202. The number of rotatable bonds is 7. The molecule has 0 saturated carbocycles. The van der Waals surface area contributed by atoms with Crippen molar-refractivity contribution in [3.8, 4) is 0 Å². The van der Waals surface area contributed by atoms with Crippen molar-refractivity contribution in [2.24, 2.45) is 0 Å². The Morgan fingerprint density at radius 2 is 1.94 bits per heavy atom. The molecule has 0 aromatic carbocycles. The van der Waals surface area contributed by atoms with E-state index in [-0.39, 0.29) is 23.6 Å². The Balaban J connectivity index is 4.71. The Morgan fingerprint density at radius 3 is 2.29 bits per heavy atom. The number of hydrogen-bond acceptors (Lipinski definition) is 3. The molecule has 0 aromatic heterocycles. The zero-order valence-corrected chi connectivity index (χ0v) is 11.2. The van der Waals surface area contributed by atoms with Gasteiger partial charge in [-0.2, -0.15) is 0 Å². The van der Waals surface area contributed by atoms with Crippen molar-refractivity contribution in [3.05, 3.63) is 36.1 Å². The van der Waals surface area contributed by atoms with Crippen LogP contribution >= 0.6 is 0 Å². The highest BCUT2D eigenvalue weighted by Crippen LogP contribution is 2.09. The fraction of sp³-hybridized carbons (Fsp3) is 0.500. The van der Waals surface area contributed by atoms with Gasteiger partial charge in [0.05, 0.1) is 11.8 Å². The zero-order valence-electron chi connectivity index (χ0n) is 11.2. The number of hydrogen-bond donors (Lipinski definition) is 2. The molecule has 96 valence electrons. The van der Waals surface area contributed by atoms with Gasteiger partial charge in [-0.15, -0.1) is 0 Å². The average Bonchev–Trinajstić information content (AvgIpc) is 2.21.